The second kappa shape index (κ2) is 54.2. The van der Waals surface area contributed by atoms with Crippen molar-refractivity contribution in [1.29, 1.82) is 0 Å². The van der Waals surface area contributed by atoms with E-state index in [1.165, 1.54) is 205 Å². The van der Waals surface area contributed by atoms with Crippen LogP contribution in [-0.2, 0) is 19.1 Å². The maximum atomic E-state index is 12.3. The summed E-state index contributed by atoms with van der Waals surface area (Å²) in [4.78, 5) is 24.4. The van der Waals surface area contributed by atoms with Gasteiger partial charge in [-0.3, -0.25) is 9.59 Å². The van der Waals surface area contributed by atoms with Gasteiger partial charge >= 0.3 is 11.9 Å². The molecule has 0 bridgehead atoms. The predicted molar refractivity (Wildman–Crippen MR) is 274 cm³/mol. The van der Waals surface area contributed by atoms with Crippen molar-refractivity contribution < 1.29 is 24.2 Å². The van der Waals surface area contributed by atoms with Gasteiger partial charge in [-0.2, -0.15) is 0 Å². The molecule has 0 aromatic heterocycles. The Morgan fingerprint density at radius 3 is 0.984 bits per heavy atom. The standard InChI is InChI=1S/C58H106O5/c1-3-5-7-9-11-13-15-17-19-20-21-22-23-24-25-26-27-28-29-30-31-32-33-34-35-36-37-38-39-41-43-45-47-49-51-53-58(61)63-56(54-59)55-62-57(60)52-50-48-46-44-42-40-18-16-14-12-10-8-6-4-2/h10,12,15-18,20-21,56,59H,3-9,11,13-14,19,22-55H2,1-2H3/b12-10-,17-15-,18-16-,21-20-. The Labute approximate surface area is 392 Å². The Morgan fingerprint density at radius 1 is 0.365 bits per heavy atom. The first-order chi connectivity index (χ1) is 31.1. The van der Waals surface area contributed by atoms with Gasteiger partial charge in [0.1, 0.15) is 6.61 Å². The largest absolute Gasteiger partial charge is 0.462 e. The average Bonchev–Trinajstić information content (AvgIpc) is 3.29. The minimum absolute atomic E-state index is 0.0705. The SMILES string of the molecule is CCCC/C=C\C/C=C\CCCCCCCC(=O)OCC(CO)OC(=O)CCCCCCCCCCCCCCCCCCCCCCCCC/C=C\C/C=C\CCCCCCC. The van der Waals surface area contributed by atoms with Crippen LogP contribution in [0.3, 0.4) is 0 Å². The molecule has 63 heavy (non-hydrogen) atoms. The number of aliphatic hydroxyl groups excluding tert-OH is 1. The van der Waals surface area contributed by atoms with Gasteiger partial charge in [0.05, 0.1) is 6.61 Å². The fraction of sp³-hybridized carbons (Fsp3) is 0.828. The fourth-order valence-electron chi connectivity index (χ4n) is 8.13. The third kappa shape index (κ3) is 52.4. The summed E-state index contributed by atoms with van der Waals surface area (Å²) in [5.41, 5.74) is 0. The van der Waals surface area contributed by atoms with E-state index >= 15 is 0 Å². The van der Waals surface area contributed by atoms with Crippen molar-refractivity contribution >= 4 is 11.9 Å². The fourth-order valence-corrected chi connectivity index (χ4v) is 8.13. The quantitative estimate of drug-likeness (QED) is 0.0374. The van der Waals surface area contributed by atoms with Crippen LogP contribution in [0, 0.1) is 0 Å². The lowest BCUT2D eigenvalue weighted by molar-refractivity contribution is -0.161. The monoisotopic (exact) mass is 883 g/mol. The first-order valence-electron chi connectivity index (χ1n) is 27.7. The molecule has 5 nitrogen and oxygen atoms in total. The number of carbonyl (C=O) groups is 2. The van der Waals surface area contributed by atoms with E-state index < -0.39 is 6.10 Å². The second-order valence-electron chi connectivity index (χ2n) is 18.7. The minimum atomic E-state index is -0.776. The zero-order valence-electron chi connectivity index (χ0n) is 42.1. The topological polar surface area (TPSA) is 72.8 Å². The number of aliphatic hydroxyl groups is 1. The molecule has 5 heteroatoms. The molecule has 0 heterocycles. The lowest BCUT2D eigenvalue weighted by atomic mass is 10.0. The highest BCUT2D eigenvalue weighted by Crippen LogP contribution is 2.17. The average molecular weight is 883 g/mol. The van der Waals surface area contributed by atoms with E-state index in [2.05, 4.69) is 62.5 Å². The van der Waals surface area contributed by atoms with Crippen LogP contribution in [0.5, 0.6) is 0 Å². The molecule has 0 aliphatic heterocycles. The molecule has 0 saturated carbocycles. The third-order valence-corrected chi connectivity index (χ3v) is 12.3. The van der Waals surface area contributed by atoms with Crippen LogP contribution in [0.25, 0.3) is 0 Å². The number of esters is 2. The van der Waals surface area contributed by atoms with Crippen molar-refractivity contribution in [3.05, 3.63) is 48.6 Å². The smallest absolute Gasteiger partial charge is 0.306 e. The van der Waals surface area contributed by atoms with Crippen molar-refractivity contribution in [2.45, 2.75) is 296 Å². The number of hydrogen-bond acceptors (Lipinski definition) is 5. The van der Waals surface area contributed by atoms with E-state index in [9.17, 15) is 14.7 Å². The van der Waals surface area contributed by atoms with E-state index in [0.29, 0.717) is 12.8 Å². The first kappa shape index (κ1) is 60.9. The molecule has 368 valence electrons. The second-order valence-corrected chi connectivity index (χ2v) is 18.7. The van der Waals surface area contributed by atoms with Crippen LogP contribution in [-0.4, -0.2) is 36.4 Å². The summed E-state index contributed by atoms with van der Waals surface area (Å²) in [6.07, 6.45) is 71.0. The molecular weight excluding hydrogens is 777 g/mol. The number of ether oxygens (including phenoxy) is 2. The summed E-state index contributed by atoms with van der Waals surface area (Å²) in [6.45, 7) is 4.10. The summed E-state index contributed by atoms with van der Waals surface area (Å²) in [5, 5.41) is 9.62. The van der Waals surface area contributed by atoms with Gasteiger partial charge in [0.15, 0.2) is 6.10 Å². The van der Waals surface area contributed by atoms with Crippen molar-refractivity contribution in [3.63, 3.8) is 0 Å². The van der Waals surface area contributed by atoms with Gasteiger partial charge < -0.3 is 14.6 Å². The molecule has 0 radical (unpaired) electrons. The van der Waals surface area contributed by atoms with Crippen LogP contribution in [0.4, 0.5) is 0 Å². The van der Waals surface area contributed by atoms with Crippen LogP contribution in [0.15, 0.2) is 48.6 Å². The van der Waals surface area contributed by atoms with Crippen molar-refractivity contribution in [3.8, 4) is 0 Å². The van der Waals surface area contributed by atoms with Gasteiger partial charge in [-0.1, -0.05) is 255 Å². The third-order valence-electron chi connectivity index (χ3n) is 12.3. The van der Waals surface area contributed by atoms with Crippen molar-refractivity contribution in [2.75, 3.05) is 13.2 Å². The van der Waals surface area contributed by atoms with E-state index in [-0.39, 0.29) is 25.2 Å². The number of unbranched alkanes of at least 4 members (excludes halogenated alkanes) is 35. The number of rotatable bonds is 51. The molecule has 1 unspecified atom stereocenters. The molecule has 0 amide bonds. The van der Waals surface area contributed by atoms with Gasteiger partial charge in [0, 0.05) is 12.8 Å². The molecule has 1 atom stereocenters. The van der Waals surface area contributed by atoms with Gasteiger partial charge in [-0.15, -0.1) is 0 Å². The first-order valence-corrected chi connectivity index (χ1v) is 27.7. The molecular formula is C58H106O5. The van der Waals surface area contributed by atoms with E-state index in [1.54, 1.807) is 0 Å². The Morgan fingerprint density at radius 2 is 0.651 bits per heavy atom. The molecule has 0 saturated heterocycles. The minimum Gasteiger partial charge on any atom is -0.462 e. The molecule has 0 rings (SSSR count). The molecule has 1 N–H and O–H groups in total. The predicted octanol–water partition coefficient (Wildman–Crippen LogP) is 18.5. The van der Waals surface area contributed by atoms with Crippen LogP contribution in [0.2, 0.25) is 0 Å². The normalized spacial score (nSPS) is 12.5. The summed E-state index contributed by atoms with van der Waals surface area (Å²) in [5.74, 6) is -0.596. The van der Waals surface area contributed by atoms with E-state index in [0.717, 1.165) is 57.8 Å². The highest BCUT2D eigenvalue weighted by molar-refractivity contribution is 5.70. The number of hydrogen-bond donors (Lipinski definition) is 1. The van der Waals surface area contributed by atoms with Gasteiger partial charge in [0.25, 0.3) is 0 Å². The Hall–Kier alpha value is -2.14. The summed E-state index contributed by atoms with van der Waals surface area (Å²) < 4.78 is 10.7. The Bertz CT molecular complexity index is 1040. The number of carbonyl (C=O) groups excluding carboxylic acids is 2. The van der Waals surface area contributed by atoms with E-state index in [4.69, 9.17) is 9.47 Å². The van der Waals surface area contributed by atoms with Gasteiger partial charge in [-0.05, 0) is 70.6 Å². The Kier molecular flexibility index (Phi) is 52.4. The molecule has 0 fully saturated rings. The van der Waals surface area contributed by atoms with Crippen LogP contribution < -0.4 is 0 Å². The molecule has 0 aromatic carbocycles. The highest BCUT2D eigenvalue weighted by Gasteiger charge is 2.16. The number of allylic oxidation sites excluding steroid dienone is 8. The summed E-state index contributed by atoms with van der Waals surface area (Å²) in [7, 11) is 0. The summed E-state index contributed by atoms with van der Waals surface area (Å²) in [6, 6.07) is 0. The maximum Gasteiger partial charge on any atom is 0.306 e. The maximum absolute atomic E-state index is 12.3. The van der Waals surface area contributed by atoms with Crippen molar-refractivity contribution in [2.24, 2.45) is 0 Å². The van der Waals surface area contributed by atoms with Crippen molar-refractivity contribution in [1.82, 2.24) is 0 Å². The zero-order chi connectivity index (χ0) is 45.6. The van der Waals surface area contributed by atoms with Gasteiger partial charge in [-0.25, -0.2) is 0 Å². The lowest BCUT2D eigenvalue weighted by Crippen LogP contribution is -2.28. The molecule has 0 aliphatic carbocycles. The van der Waals surface area contributed by atoms with Crippen LogP contribution in [0.1, 0.15) is 290 Å². The Balaban J connectivity index is 3.40. The molecule has 0 spiro atoms. The lowest BCUT2D eigenvalue weighted by Gasteiger charge is -2.15. The van der Waals surface area contributed by atoms with E-state index in [1.807, 2.05) is 0 Å². The van der Waals surface area contributed by atoms with Gasteiger partial charge in [0.2, 0.25) is 0 Å². The zero-order valence-corrected chi connectivity index (χ0v) is 42.1. The molecule has 0 aliphatic rings. The summed E-state index contributed by atoms with van der Waals surface area (Å²) >= 11 is 0. The molecule has 0 aromatic rings. The highest BCUT2D eigenvalue weighted by atomic mass is 16.6. The van der Waals surface area contributed by atoms with Crippen LogP contribution >= 0.6 is 0 Å².